The highest BCUT2D eigenvalue weighted by Crippen LogP contribution is 2.18. The number of piperazine rings is 1. The van der Waals surface area contributed by atoms with Crippen molar-refractivity contribution in [1.29, 1.82) is 0 Å². The zero-order valence-corrected chi connectivity index (χ0v) is 12.7. The molecule has 7 heteroatoms. The lowest BCUT2D eigenvalue weighted by molar-refractivity contribution is -0.149. The van der Waals surface area contributed by atoms with E-state index in [-0.39, 0.29) is 24.7 Å². The first-order valence-electron chi connectivity index (χ1n) is 7.34. The van der Waals surface area contributed by atoms with Crippen molar-refractivity contribution in [1.82, 2.24) is 10.2 Å². The average molecular weight is 299 g/mol. The number of carboxylic acids is 1. The van der Waals surface area contributed by atoms with Gasteiger partial charge in [-0.3, -0.25) is 14.4 Å². The van der Waals surface area contributed by atoms with Gasteiger partial charge in [-0.1, -0.05) is 13.8 Å². The lowest BCUT2D eigenvalue weighted by atomic mass is 9.93. The molecule has 0 aliphatic carbocycles. The number of carbonyl (C=O) groups excluding carboxylic acids is 2. The lowest BCUT2D eigenvalue weighted by Crippen LogP contribution is -2.58. The van der Waals surface area contributed by atoms with Crippen LogP contribution >= 0.6 is 0 Å². The zero-order chi connectivity index (χ0) is 16.0. The molecular formula is C14H25N3O4. The van der Waals surface area contributed by atoms with Gasteiger partial charge in [0.2, 0.25) is 11.8 Å². The monoisotopic (exact) mass is 299 g/mol. The van der Waals surface area contributed by atoms with Gasteiger partial charge in [-0.05, 0) is 24.8 Å². The van der Waals surface area contributed by atoms with Crippen LogP contribution in [0.2, 0.25) is 0 Å². The average Bonchev–Trinajstić information content (AvgIpc) is 2.39. The molecule has 4 N–H and O–H groups in total. The van der Waals surface area contributed by atoms with Crippen LogP contribution in [0.15, 0.2) is 0 Å². The molecule has 21 heavy (non-hydrogen) atoms. The summed E-state index contributed by atoms with van der Waals surface area (Å²) in [6.07, 6.45) is 0.735. The van der Waals surface area contributed by atoms with E-state index in [1.54, 1.807) is 0 Å². The summed E-state index contributed by atoms with van der Waals surface area (Å²) in [4.78, 5) is 36.4. The molecule has 0 spiro atoms. The number of amides is 2. The van der Waals surface area contributed by atoms with E-state index in [0.29, 0.717) is 25.6 Å². The van der Waals surface area contributed by atoms with Crippen molar-refractivity contribution >= 4 is 17.8 Å². The summed E-state index contributed by atoms with van der Waals surface area (Å²) < 4.78 is 0. The second-order valence-corrected chi connectivity index (χ2v) is 5.93. The van der Waals surface area contributed by atoms with Crippen molar-refractivity contribution in [2.45, 2.75) is 39.2 Å². The topological polar surface area (TPSA) is 113 Å². The van der Waals surface area contributed by atoms with Crippen LogP contribution in [-0.2, 0) is 14.4 Å². The molecule has 0 aromatic carbocycles. The fraction of sp³-hybridized carbons (Fsp3) is 0.786. The van der Waals surface area contributed by atoms with Gasteiger partial charge in [-0.25, -0.2) is 0 Å². The second kappa shape index (κ2) is 7.97. The molecule has 0 radical (unpaired) electrons. The third kappa shape index (κ3) is 5.34. The fourth-order valence-electron chi connectivity index (χ4n) is 2.68. The van der Waals surface area contributed by atoms with E-state index >= 15 is 0 Å². The number of carbonyl (C=O) groups is 3. The molecule has 2 unspecified atom stereocenters. The number of nitrogens with two attached hydrogens (primary N) is 1. The normalized spacial score (nSPS) is 20.3. The lowest BCUT2D eigenvalue weighted by Gasteiger charge is -2.35. The molecule has 2 amide bonds. The number of hydrogen-bond acceptors (Lipinski definition) is 4. The van der Waals surface area contributed by atoms with Gasteiger partial charge in [0.05, 0.1) is 6.42 Å². The minimum Gasteiger partial charge on any atom is -0.481 e. The number of hydrogen-bond donors (Lipinski definition) is 3. The molecule has 0 aromatic heterocycles. The first kappa shape index (κ1) is 17.4. The van der Waals surface area contributed by atoms with Crippen molar-refractivity contribution in [3.05, 3.63) is 0 Å². The van der Waals surface area contributed by atoms with Crippen LogP contribution in [0.4, 0.5) is 0 Å². The molecule has 1 saturated heterocycles. The van der Waals surface area contributed by atoms with Crippen molar-refractivity contribution in [3.8, 4) is 0 Å². The number of aliphatic carboxylic acids is 1. The Morgan fingerprint density at radius 2 is 2.14 bits per heavy atom. The Bertz CT molecular complexity index is 398. The van der Waals surface area contributed by atoms with Crippen molar-refractivity contribution < 1.29 is 19.5 Å². The zero-order valence-electron chi connectivity index (χ0n) is 12.7. The molecule has 7 nitrogen and oxygen atoms in total. The maximum atomic E-state index is 12.4. The van der Waals surface area contributed by atoms with Crippen molar-refractivity contribution in [3.63, 3.8) is 0 Å². The highest BCUT2D eigenvalue weighted by Gasteiger charge is 2.35. The minimum atomic E-state index is -1.09. The van der Waals surface area contributed by atoms with Crippen LogP contribution in [0.1, 0.15) is 33.1 Å². The van der Waals surface area contributed by atoms with Crippen LogP contribution in [0.25, 0.3) is 0 Å². The summed E-state index contributed by atoms with van der Waals surface area (Å²) >= 11 is 0. The summed E-state index contributed by atoms with van der Waals surface area (Å²) in [6, 6.07) is -0.916. The van der Waals surface area contributed by atoms with Gasteiger partial charge in [0.1, 0.15) is 6.04 Å². The molecule has 1 aliphatic rings. The Morgan fingerprint density at radius 1 is 1.48 bits per heavy atom. The summed E-state index contributed by atoms with van der Waals surface area (Å²) in [5.41, 5.74) is 5.70. The number of nitrogens with one attached hydrogen (secondary N) is 1. The highest BCUT2D eigenvalue weighted by molar-refractivity contribution is 5.91. The van der Waals surface area contributed by atoms with Crippen LogP contribution in [0, 0.1) is 11.8 Å². The number of nitrogens with zero attached hydrogens (tertiary/aromatic N) is 1. The first-order chi connectivity index (χ1) is 9.85. The molecule has 1 rings (SSSR count). The maximum absolute atomic E-state index is 12.4. The minimum absolute atomic E-state index is 0.0629. The fourth-order valence-corrected chi connectivity index (χ4v) is 2.68. The van der Waals surface area contributed by atoms with Gasteiger partial charge in [0.25, 0.3) is 0 Å². The Balaban J connectivity index is 2.72. The van der Waals surface area contributed by atoms with E-state index in [2.05, 4.69) is 19.2 Å². The summed E-state index contributed by atoms with van der Waals surface area (Å²) in [5.74, 6) is -1.18. The van der Waals surface area contributed by atoms with E-state index < -0.39 is 17.9 Å². The molecule has 1 heterocycles. The Kier molecular flexibility index (Phi) is 6.61. The largest absolute Gasteiger partial charge is 0.481 e. The Hall–Kier alpha value is -1.63. The van der Waals surface area contributed by atoms with E-state index in [1.165, 1.54) is 4.90 Å². The highest BCUT2D eigenvalue weighted by atomic mass is 16.4. The maximum Gasteiger partial charge on any atom is 0.305 e. The molecule has 120 valence electrons. The first-order valence-corrected chi connectivity index (χ1v) is 7.34. The molecule has 1 aliphatic heterocycles. The third-order valence-electron chi connectivity index (χ3n) is 3.62. The SMILES string of the molecule is CC(C)CC(CN)CC(=O)N1CCNC(=O)C1CC(=O)O. The van der Waals surface area contributed by atoms with Crippen molar-refractivity contribution in [2.75, 3.05) is 19.6 Å². The van der Waals surface area contributed by atoms with E-state index in [4.69, 9.17) is 10.8 Å². The molecular weight excluding hydrogens is 274 g/mol. The van der Waals surface area contributed by atoms with Gasteiger partial charge in [0.15, 0.2) is 0 Å². The van der Waals surface area contributed by atoms with Gasteiger partial charge in [0, 0.05) is 19.5 Å². The van der Waals surface area contributed by atoms with Gasteiger partial charge >= 0.3 is 5.97 Å². The van der Waals surface area contributed by atoms with Gasteiger partial charge in [-0.2, -0.15) is 0 Å². The van der Waals surface area contributed by atoms with Gasteiger partial charge < -0.3 is 21.1 Å². The smallest absolute Gasteiger partial charge is 0.305 e. The summed E-state index contributed by atoms with van der Waals surface area (Å²) in [5, 5.41) is 11.5. The summed E-state index contributed by atoms with van der Waals surface area (Å²) in [7, 11) is 0. The molecule has 0 bridgehead atoms. The van der Waals surface area contributed by atoms with E-state index in [9.17, 15) is 14.4 Å². The third-order valence-corrected chi connectivity index (χ3v) is 3.62. The summed E-state index contributed by atoms with van der Waals surface area (Å²) in [6.45, 7) is 5.25. The van der Waals surface area contributed by atoms with E-state index in [1.807, 2.05) is 0 Å². The van der Waals surface area contributed by atoms with Crippen LogP contribution in [0.3, 0.4) is 0 Å². The predicted octanol–water partition coefficient (Wildman–Crippen LogP) is -0.201. The predicted molar refractivity (Wildman–Crippen MR) is 77.4 cm³/mol. The van der Waals surface area contributed by atoms with E-state index in [0.717, 1.165) is 6.42 Å². The molecule has 1 fully saturated rings. The van der Waals surface area contributed by atoms with Crippen LogP contribution in [-0.4, -0.2) is 53.5 Å². The molecule has 2 atom stereocenters. The Labute approximate surface area is 124 Å². The number of rotatable bonds is 7. The van der Waals surface area contributed by atoms with Gasteiger partial charge in [-0.15, -0.1) is 0 Å². The quantitative estimate of drug-likeness (QED) is 0.602. The molecule has 0 saturated carbocycles. The standard InChI is InChI=1S/C14H25N3O4/c1-9(2)5-10(8-15)6-12(18)17-4-3-16-14(21)11(17)7-13(19)20/h9-11H,3-8,15H2,1-2H3,(H,16,21)(H,19,20). The van der Waals surface area contributed by atoms with Crippen LogP contribution < -0.4 is 11.1 Å². The Morgan fingerprint density at radius 3 is 2.67 bits per heavy atom. The van der Waals surface area contributed by atoms with Crippen molar-refractivity contribution in [2.24, 2.45) is 17.6 Å². The van der Waals surface area contributed by atoms with Crippen LogP contribution in [0.5, 0.6) is 0 Å². The second-order valence-electron chi connectivity index (χ2n) is 5.93. The number of carboxylic acid groups (broad SMARTS) is 1. The molecule has 0 aromatic rings.